The number of ether oxygens (including phenoxy) is 3. The number of nitrogens with one attached hydrogen (secondary N) is 2. The number of carbonyl (C=O) groups excluding carboxylic acids is 3. The summed E-state index contributed by atoms with van der Waals surface area (Å²) >= 11 is 0. The van der Waals surface area contributed by atoms with Gasteiger partial charge >= 0.3 is 0 Å². The van der Waals surface area contributed by atoms with Crippen molar-refractivity contribution in [2.45, 2.75) is 12.8 Å². The number of hydrogen-bond donors (Lipinski definition) is 2. The first kappa shape index (κ1) is 21.5. The van der Waals surface area contributed by atoms with E-state index in [0.717, 1.165) is 0 Å². The summed E-state index contributed by atoms with van der Waals surface area (Å²) in [6.07, 6.45) is 1.03. The summed E-state index contributed by atoms with van der Waals surface area (Å²) in [5.74, 6) is 0.624. The van der Waals surface area contributed by atoms with Crippen molar-refractivity contribution in [3.63, 3.8) is 0 Å². The molecule has 168 valence electrons. The Morgan fingerprint density at radius 2 is 1.66 bits per heavy atom. The molecule has 2 N–H and O–H groups in total. The van der Waals surface area contributed by atoms with E-state index in [-0.39, 0.29) is 24.3 Å². The van der Waals surface area contributed by atoms with Crippen LogP contribution in [0.15, 0.2) is 48.5 Å². The molecule has 0 atom stereocenters. The van der Waals surface area contributed by atoms with Crippen LogP contribution < -0.4 is 25.1 Å². The van der Waals surface area contributed by atoms with Gasteiger partial charge in [-0.05, 0) is 43.2 Å². The highest BCUT2D eigenvalue weighted by molar-refractivity contribution is 5.96. The van der Waals surface area contributed by atoms with Gasteiger partial charge in [-0.15, -0.1) is 0 Å². The number of amides is 3. The van der Waals surface area contributed by atoms with E-state index >= 15 is 0 Å². The summed E-state index contributed by atoms with van der Waals surface area (Å²) in [4.78, 5) is 38.9. The second kappa shape index (κ2) is 10.0. The zero-order valence-corrected chi connectivity index (χ0v) is 17.5. The van der Waals surface area contributed by atoms with Gasteiger partial charge in [-0.2, -0.15) is 0 Å². The molecule has 1 saturated heterocycles. The van der Waals surface area contributed by atoms with Gasteiger partial charge in [0.2, 0.25) is 5.91 Å². The Bertz CT molecular complexity index is 973. The summed E-state index contributed by atoms with van der Waals surface area (Å²) in [5.41, 5.74) is 5.28. The molecule has 9 nitrogen and oxygen atoms in total. The molecule has 2 aromatic rings. The lowest BCUT2D eigenvalue weighted by Gasteiger charge is -2.31. The van der Waals surface area contributed by atoms with Crippen LogP contribution in [0.4, 0.5) is 0 Å². The SMILES string of the molecule is O=C(NNC(=O)C1CCN(C(=O)COc2ccccc2)CC1)c1ccc2c(c1)OCCO2. The summed E-state index contributed by atoms with van der Waals surface area (Å²) in [7, 11) is 0. The molecule has 0 aliphatic carbocycles. The van der Waals surface area contributed by atoms with Crippen LogP contribution in [0, 0.1) is 5.92 Å². The standard InChI is InChI=1S/C23H25N3O6/c27-21(15-32-18-4-2-1-3-5-18)26-10-8-16(9-11-26)22(28)24-25-23(29)17-6-7-19-20(14-17)31-13-12-30-19/h1-7,14,16H,8-13,15H2,(H,24,28)(H,25,29). The molecule has 0 spiro atoms. The van der Waals surface area contributed by atoms with Gasteiger partial charge in [0.25, 0.3) is 11.8 Å². The van der Waals surface area contributed by atoms with Crippen LogP contribution in [-0.2, 0) is 9.59 Å². The summed E-state index contributed by atoms with van der Waals surface area (Å²) in [5, 5.41) is 0. The first-order valence-corrected chi connectivity index (χ1v) is 10.6. The Labute approximate surface area is 185 Å². The molecule has 0 radical (unpaired) electrons. The Morgan fingerprint density at radius 3 is 2.41 bits per heavy atom. The second-order valence-electron chi connectivity index (χ2n) is 7.56. The highest BCUT2D eigenvalue weighted by Gasteiger charge is 2.28. The summed E-state index contributed by atoms with van der Waals surface area (Å²) in [6.45, 7) is 1.79. The third kappa shape index (κ3) is 5.29. The Balaban J connectivity index is 1.20. The molecular weight excluding hydrogens is 414 g/mol. The van der Waals surface area contributed by atoms with Gasteiger partial charge in [0.05, 0.1) is 0 Å². The minimum Gasteiger partial charge on any atom is -0.486 e. The van der Waals surface area contributed by atoms with Gasteiger partial charge in [-0.3, -0.25) is 25.2 Å². The normalized spacial score (nSPS) is 15.6. The van der Waals surface area contributed by atoms with Crippen molar-refractivity contribution in [3.05, 3.63) is 54.1 Å². The molecule has 9 heteroatoms. The molecule has 2 aromatic carbocycles. The predicted octanol–water partition coefficient (Wildman–Crippen LogP) is 1.54. The number of piperidine rings is 1. The van der Waals surface area contributed by atoms with Crippen molar-refractivity contribution in [3.8, 4) is 17.2 Å². The van der Waals surface area contributed by atoms with Crippen molar-refractivity contribution in [2.75, 3.05) is 32.9 Å². The fourth-order valence-electron chi connectivity index (χ4n) is 3.62. The maximum absolute atomic E-state index is 12.5. The van der Waals surface area contributed by atoms with E-state index in [9.17, 15) is 14.4 Å². The summed E-state index contributed by atoms with van der Waals surface area (Å²) in [6, 6.07) is 14.0. The molecule has 2 aliphatic rings. The smallest absolute Gasteiger partial charge is 0.269 e. The molecular formula is C23H25N3O6. The predicted molar refractivity (Wildman–Crippen MR) is 114 cm³/mol. The Hall–Kier alpha value is -3.75. The van der Waals surface area contributed by atoms with Crippen LogP contribution >= 0.6 is 0 Å². The number of rotatable bonds is 5. The molecule has 0 bridgehead atoms. The maximum atomic E-state index is 12.5. The molecule has 2 aliphatic heterocycles. The highest BCUT2D eigenvalue weighted by atomic mass is 16.6. The zero-order chi connectivity index (χ0) is 22.3. The molecule has 2 heterocycles. The molecule has 0 saturated carbocycles. The molecule has 0 unspecified atom stereocenters. The van der Waals surface area contributed by atoms with Gasteiger partial charge < -0.3 is 19.1 Å². The fourth-order valence-corrected chi connectivity index (χ4v) is 3.62. The van der Waals surface area contributed by atoms with Crippen LogP contribution in [0.2, 0.25) is 0 Å². The summed E-state index contributed by atoms with van der Waals surface area (Å²) < 4.78 is 16.4. The van der Waals surface area contributed by atoms with E-state index in [0.29, 0.717) is 62.0 Å². The van der Waals surface area contributed by atoms with E-state index in [2.05, 4.69) is 10.9 Å². The fraction of sp³-hybridized carbons (Fsp3) is 0.348. The van der Waals surface area contributed by atoms with Crippen molar-refractivity contribution in [1.82, 2.24) is 15.8 Å². The lowest BCUT2D eigenvalue weighted by molar-refractivity contribution is -0.137. The van der Waals surface area contributed by atoms with Crippen molar-refractivity contribution in [2.24, 2.45) is 5.92 Å². The van der Waals surface area contributed by atoms with Gasteiger partial charge in [0, 0.05) is 24.6 Å². The van der Waals surface area contributed by atoms with Gasteiger partial charge in [-0.25, -0.2) is 0 Å². The van der Waals surface area contributed by atoms with E-state index in [1.165, 1.54) is 0 Å². The highest BCUT2D eigenvalue weighted by Crippen LogP contribution is 2.30. The average Bonchev–Trinajstić information content (AvgIpc) is 2.86. The van der Waals surface area contributed by atoms with Crippen LogP contribution in [0.25, 0.3) is 0 Å². The second-order valence-corrected chi connectivity index (χ2v) is 7.56. The zero-order valence-electron chi connectivity index (χ0n) is 17.5. The van der Waals surface area contributed by atoms with Crippen LogP contribution in [0.3, 0.4) is 0 Å². The van der Waals surface area contributed by atoms with Crippen LogP contribution in [0.5, 0.6) is 17.2 Å². The largest absolute Gasteiger partial charge is 0.486 e. The number of likely N-dealkylation sites (tertiary alicyclic amines) is 1. The molecule has 1 fully saturated rings. The van der Waals surface area contributed by atoms with Crippen LogP contribution in [-0.4, -0.2) is 55.5 Å². The minimum atomic E-state index is -0.444. The quantitative estimate of drug-likeness (QED) is 0.685. The van der Waals surface area contributed by atoms with Crippen molar-refractivity contribution in [1.29, 1.82) is 0 Å². The number of fused-ring (bicyclic) bond motifs is 1. The van der Waals surface area contributed by atoms with E-state index in [1.807, 2.05) is 18.2 Å². The monoisotopic (exact) mass is 439 g/mol. The van der Waals surface area contributed by atoms with E-state index in [1.54, 1.807) is 35.2 Å². The van der Waals surface area contributed by atoms with E-state index in [4.69, 9.17) is 14.2 Å². The number of hydrazine groups is 1. The van der Waals surface area contributed by atoms with Crippen molar-refractivity contribution < 1.29 is 28.6 Å². The maximum Gasteiger partial charge on any atom is 0.269 e. The average molecular weight is 439 g/mol. The molecule has 32 heavy (non-hydrogen) atoms. The number of benzene rings is 2. The Kier molecular flexibility index (Phi) is 6.74. The lowest BCUT2D eigenvalue weighted by atomic mass is 9.96. The van der Waals surface area contributed by atoms with Gasteiger partial charge in [0.15, 0.2) is 18.1 Å². The number of para-hydroxylation sites is 1. The number of carbonyl (C=O) groups is 3. The van der Waals surface area contributed by atoms with Crippen molar-refractivity contribution >= 4 is 17.7 Å². The Morgan fingerprint density at radius 1 is 0.938 bits per heavy atom. The minimum absolute atomic E-state index is 0.0353. The topological polar surface area (TPSA) is 106 Å². The molecule has 3 amide bonds. The van der Waals surface area contributed by atoms with E-state index < -0.39 is 5.91 Å². The van der Waals surface area contributed by atoms with Crippen LogP contribution in [0.1, 0.15) is 23.2 Å². The molecule has 4 rings (SSSR count). The number of hydrogen-bond acceptors (Lipinski definition) is 6. The number of nitrogens with zero attached hydrogens (tertiary/aromatic N) is 1. The third-order valence-corrected chi connectivity index (χ3v) is 5.43. The lowest BCUT2D eigenvalue weighted by Crippen LogP contribution is -2.48. The van der Waals surface area contributed by atoms with Gasteiger partial charge in [0.1, 0.15) is 19.0 Å². The first-order chi connectivity index (χ1) is 15.6. The molecule has 0 aromatic heterocycles. The van der Waals surface area contributed by atoms with Gasteiger partial charge in [-0.1, -0.05) is 18.2 Å². The third-order valence-electron chi connectivity index (χ3n) is 5.43. The first-order valence-electron chi connectivity index (χ1n) is 10.6.